The highest BCUT2D eigenvalue weighted by atomic mass is 32.1. The molecule has 1 unspecified atom stereocenters. The SMILES string of the molecule is CC1CC(=O)c2c(OCC(=O)N3CCN(C(=O)c4cccs4)CC3)ccc(F)c21. The fraction of sp³-hybridized carbons (Fsp3) is 0.381. The summed E-state index contributed by atoms with van der Waals surface area (Å²) in [6, 6.07) is 6.33. The Hall–Kier alpha value is -2.74. The van der Waals surface area contributed by atoms with Crippen molar-refractivity contribution in [2.75, 3.05) is 32.8 Å². The number of nitrogens with zero attached hydrogens (tertiary/aromatic N) is 2. The topological polar surface area (TPSA) is 66.9 Å². The molecular weight excluding hydrogens is 395 g/mol. The highest BCUT2D eigenvalue weighted by Gasteiger charge is 2.33. The second-order valence-corrected chi connectivity index (χ2v) is 8.25. The summed E-state index contributed by atoms with van der Waals surface area (Å²) in [5, 5.41) is 1.86. The van der Waals surface area contributed by atoms with Crippen molar-refractivity contribution in [2.24, 2.45) is 0 Å². The quantitative estimate of drug-likeness (QED) is 0.769. The Balaban J connectivity index is 1.35. The zero-order chi connectivity index (χ0) is 20.5. The molecule has 0 N–H and O–H groups in total. The molecule has 1 aromatic carbocycles. The molecule has 1 aliphatic heterocycles. The zero-order valence-corrected chi connectivity index (χ0v) is 16.8. The van der Waals surface area contributed by atoms with Gasteiger partial charge in [0.05, 0.1) is 10.4 Å². The van der Waals surface area contributed by atoms with Crippen LogP contribution < -0.4 is 4.74 Å². The van der Waals surface area contributed by atoms with Gasteiger partial charge in [0.2, 0.25) is 0 Å². The van der Waals surface area contributed by atoms with Crippen LogP contribution in [-0.4, -0.2) is 60.2 Å². The van der Waals surface area contributed by atoms with Gasteiger partial charge >= 0.3 is 0 Å². The van der Waals surface area contributed by atoms with Gasteiger partial charge in [-0.25, -0.2) is 4.39 Å². The fourth-order valence-corrected chi connectivity index (χ4v) is 4.58. The number of hydrogen-bond acceptors (Lipinski definition) is 5. The summed E-state index contributed by atoms with van der Waals surface area (Å²) in [6.07, 6.45) is 0.251. The monoisotopic (exact) mass is 416 g/mol. The number of fused-ring (bicyclic) bond motifs is 1. The largest absolute Gasteiger partial charge is 0.483 e. The van der Waals surface area contributed by atoms with E-state index in [0.717, 1.165) is 0 Å². The predicted octanol–water partition coefficient (Wildman–Crippen LogP) is 2.94. The van der Waals surface area contributed by atoms with Crippen molar-refractivity contribution < 1.29 is 23.5 Å². The molecule has 1 aliphatic carbocycles. The molecule has 2 heterocycles. The minimum absolute atomic E-state index is 0.0159. The third kappa shape index (κ3) is 3.76. The summed E-state index contributed by atoms with van der Waals surface area (Å²) in [5.41, 5.74) is 0.636. The second kappa shape index (κ2) is 7.94. The first-order valence-electron chi connectivity index (χ1n) is 9.54. The normalized spacial score (nSPS) is 18.7. The van der Waals surface area contributed by atoms with E-state index in [4.69, 9.17) is 4.74 Å². The van der Waals surface area contributed by atoms with Crippen molar-refractivity contribution in [2.45, 2.75) is 19.3 Å². The Labute approximate surface area is 171 Å². The van der Waals surface area contributed by atoms with Crippen LogP contribution in [0.3, 0.4) is 0 Å². The summed E-state index contributed by atoms with van der Waals surface area (Å²) < 4.78 is 19.7. The number of amides is 2. The van der Waals surface area contributed by atoms with Crippen LogP contribution in [0.15, 0.2) is 29.6 Å². The minimum atomic E-state index is -0.413. The molecule has 0 bridgehead atoms. The molecule has 6 nitrogen and oxygen atoms in total. The van der Waals surface area contributed by atoms with Gasteiger partial charge in [0, 0.05) is 38.2 Å². The number of piperazine rings is 1. The Morgan fingerprint density at radius 3 is 2.59 bits per heavy atom. The van der Waals surface area contributed by atoms with E-state index in [1.54, 1.807) is 22.8 Å². The molecule has 1 aromatic heterocycles. The molecular formula is C21H21FN2O4S. The van der Waals surface area contributed by atoms with Gasteiger partial charge in [-0.2, -0.15) is 0 Å². The average molecular weight is 416 g/mol. The second-order valence-electron chi connectivity index (χ2n) is 7.30. The summed E-state index contributed by atoms with van der Waals surface area (Å²) >= 11 is 1.40. The lowest BCUT2D eigenvalue weighted by atomic mass is 10.0. The van der Waals surface area contributed by atoms with Crippen LogP contribution in [0.4, 0.5) is 4.39 Å². The van der Waals surface area contributed by atoms with E-state index in [0.29, 0.717) is 36.6 Å². The van der Waals surface area contributed by atoms with E-state index in [1.807, 2.05) is 11.4 Å². The van der Waals surface area contributed by atoms with Gasteiger partial charge in [-0.3, -0.25) is 14.4 Å². The van der Waals surface area contributed by atoms with Gasteiger partial charge < -0.3 is 14.5 Å². The lowest BCUT2D eigenvalue weighted by Crippen LogP contribution is -2.51. The van der Waals surface area contributed by atoms with Crippen LogP contribution in [0.2, 0.25) is 0 Å². The number of ether oxygens (including phenoxy) is 1. The van der Waals surface area contributed by atoms with Crippen molar-refractivity contribution in [3.05, 3.63) is 51.5 Å². The molecule has 0 radical (unpaired) electrons. The zero-order valence-electron chi connectivity index (χ0n) is 16.0. The highest BCUT2D eigenvalue weighted by Crippen LogP contribution is 2.39. The minimum Gasteiger partial charge on any atom is -0.483 e. The van der Waals surface area contributed by atoms with Crippen LogP contribution in [0.1, 0.15) is 44.9 Å². The Morgan fingerprint density at radius 2 is 1.90 bits per heavy atom. The maximum atomic E-state index is 14.1. The van der Waals surface area contributed by atoms with Gasteiger partial charge in [0.25, 0.3) is 11.8 Å². The number of thiophene rings is 1. The third-order valence-corrected chi connectivity index (χ3v) is 6.28. The number of carbonyl (C=O) groups excluding carboxylic acids is 3. The maximum absolute atomic E-state index is 14.1. The maximum Gasteiger partial charge on any atom is 0.264 e. The Kier molecular flexibility index (Phi) is 5.36. The van der Waals surface area contributed by atoms with Crippen molar-refractivity contribution >= 4 is 28.9 Å². The van der Waals surface area contributed by atoms with Gasteiger partial charge in [0.1, 0.15) is 11.6 Å². The number of hydrogen-bond donors (Lipinski definition) is 0. The van der Waals surface area contributed by atoms with Crippen molar-refractivity contribution in [3.8, 4) is 5.75 Å². The molecule has 8 heteroatoms. The summed E-state index contributed by atoms with van der Waals surface area (Å²) in [6.45, 7) is 3.36. The first-order chi connectivity index (χ1) is 14.0. The van der Waals surface area contributed by atoms with Crippen LogP contribution in [0, 0.1) is 5.82 Å². The fourth-order valence-electron chi connectivity index (χ4n) is 3.89. The first kappa shape index (κ1) is 19.6. The number of benzene rings is 1. The molecule has 1 fully saturated rings. The number of rotatable bonds is 4. The first-order valence-corrected chi connectivity index (χ1v) is 10.4. The highest BCUT2D eigenvalue weighted by molar-refractivity contribution is 7.12. The Morgan fingerprint density at radius 1 is 1.17 bits per heavy atom. The molecule has 2 aromatic rings. The predicted molar refractivity (Wildman–Crippen MR) is 106 cm³/mol. The van der Waals surface area contributed by atoms with Crippen molar-refractivity contribution in [3.63, 3.8) is 0 Å². The molecule has 0 spiro atoms. The lowest BCUT2D eigenvalue weighted by molar-refractivity contribution is -0.134. The van der Waals surface area contributed by atoms with Gasteiger partial charge in [-0.1, -0.05) is 13.0 Å². The smallest absolute Gasteiger partial charge is 0.264 e. The van der Waals surface area contributed by atoms with Gasteiger partial charge in [-0.15, -0.1) is 11.3 Å². The standard InChI is InChI=1S/C21H21FN2O4S/c1-13-11-15(25)20-16(5-4-14(22)19(13)20)28-12-18(26)23-6-8-24(9-7-23)21(27)17-3-2-10-29-17/h2-5,10,13H,6-9,11-12H2,1H3. The van der Waals surface area contributed by atoms with E-state index in [1.165, 1.54) is 23.5 Å². The number of halogens is 1. The molecule has 29 heavy (non-hydrogen) atoms. The van der Waals surface area contributed by atoms with Crippen LogP contribution in [0.5, 0.6) is 5.75 Å². The van der Waals surface area contributed by atoms with Crippen LogP contribution >= 0.6 is 11.3 Å². The molecule has 2 aliphatic rings. The van der Waals surface area contributed by atoms with Crippen LogP contribution in [0.25, 0.3) is 0 Å². The third-order valence-electron chi connectivity index (χ3n) is 5.42. The van der Waals surface area contributed by atoms with E-state index in [2.05, 4.69) is 0 Å². The average Bonchev–Trinajstić information content (AvgIpc) is 3.36. The van der Waals surface area contributed by atoms with E-state index < -0.39 is 5.82 Å². The molecule has 1 atom stereocenters. The summed E-state index contributed by atoms with van der Waals surface area (Å²) in [4.78, 5) is 41.2. The number of Topliss-reactive ketones (excluding diaryl/α,β-unsaturated/α-hetero) is 1. The molecule has 0 saturated carbocycles. The van der Waals surface area contributed by atoms with E-state index >= 15 is 0 Å². The van der Waals surface area contributed by atoms with Gasteiger partial charge in [-0.05, 0) is 29.5 Å². The van der Waals surface area contributed by atoms with Crippen LogP contribution in [-0.2, 0) is 4.79 Å². The molecule has 1 saturated heterocycles. The lowest BCUT2D eigenvalue weighted by Gasteiger charge is -2.34. The van der Waals surface area contributed by atoms with E-state index in [9.17, 15) is 18.8 Å². The molecule has 4 rings (SSSR count). The molecule has 2 amide bonds. The molecule has 152 valence electrons. The van der Waals surface area contributed by atoms with Crippen molar-refractivity contribution in [1.82, 2.24) is 9.80 Å². The van der Waals surface area contributed by atoms with Gasteiger partial charge in [0.15, 0.2) is 12.4 Å². The summed E-state index contributed by atoms with van der Waals surface area (Å²) in [5.74, 6) is -0.734. The van der Waals surface area contributed by atoms with Crippen molar-refractivity contribution in [1.29, 1.82) is 0 Å². The van der Waals surface area contributed by atoms with E-state index in [-0.39, 0.29) is 47.9 Å². The Bertz CT molecular complexity index is 952. The number of ketones is 1. The summed E-state index contributed by atoms with van der Waals surface area (Å²) in [7, 11) is 0. The number of carbonyl (C=O) groups is 3.